The van der Waals surface area contributed by atoms with Crippen molar-refractivity contribution in [1.29, 1.82) is 0 Å². The summed E-state index contributed by atoms with van der Waals surface area (Å²) in [5, 5.41) is 12.7. The van der Waals surface area contributed by atoms with Crippen LogP contribution in [0.2, 0.25) is 0 Å². The molecule has 6 nitrogen and oxygen atoms in total. The summed E-state index contributed by atoms with van der Waals surface area (Å²) < 4.78 is 0. The van der Waals surface area contributed by atoms with E-state index in [1.54, 1.807) is 13.8 Å². The fourth-order valence-electron chi connectivity index (χ4n) is 0.872. The molecule has 0 radical (unpaired) electrons. The largest absolute Gasteiger partial charge is 0.356 e. The van der Waals surface area contributed by atoms with Gasteiger partial charge in [-0.1, -0.05) is 0 Å². The van der Waals surface area contributed by atoms with E-state index in [-0.39, 0.29) is 5.11 Å². The predicted molar refractivity (Wildman–Crippen MR) is 48.4 cm³/mol. The molecule has 7 heteroatoms. The molecule has 1 unspecified atom stereocenters. The minimum absolute atomic E-state index is 0.287. The van der Waals surface area contributed by atoms with E-state index in [4.69, 9.17) is 18.1 Å². The molecule has 1 aliphatic heterocycles. The number of hydrogen-bond acceptors (Lipinski definition) is 5. The van der Waals surface area contributed by atoms with Crippen molar-refractivity contribution in [3.8, 4) is 0 Å². The van der Waals surface area contributed by atoms with Gasteiger partial charge in [-0.2, -0.15) is 0 Å². The van der Waals surface area contributed by atoms with Gasteiger partial charge in [0.05, 0.1) is 5.54 Å². The molecule has 1 saturated heterocycles. The molecular formula is C5H13N5OS. The topological polar surface area (TPSA) is 94.4 Å². The number of aliphatic hydroxyl groups is 1. The lowest BCUT2D eigenvalue weighted by molar-refractivity contribution is -0.0933. The Hall–Kier alpha value is -0.470. The van der Waals surface area contributed by atoms with E-state index in [0.717, 1.165) is 0 Å². The summed E-state index contributed by atoms with van der Waals surface area (Å²) in [6, 6.07) is 0. The van der Waals surface area contributed by atoms with Gasteiger partial charge in [0.1, 0.15) is 0 Å². The Kier molecular flexibility index (Phi) is 2.23. The molecule has 7 N–H and O–H groups in total. The highest BCUT2D eigenvalue weighted by atomic mass is 32.1. The van der Waals surface area contributed by atoms with Crippen LogP contribution in [0.1, 0.15) is 13.8 Å². The maximum Gasteiger partial charge on any atom is 0.227 e. The highest BCUT2D eigenvalue weighted by molar-refractivity contribution is 7.80. The standard InChI is InChI=1S/C5H13N5OS/c1-4(2)5(11,9-6)7-3(12)8-10-4/h9-11H,6H2,1-2H3,(H2,7,8,12). The second-order valence-corrected chi connectivity index (χ2v) is 3.59. The molecule has 1 rings (SSSR count). The molecular weight excluding hydrogens is 178 g/mol. The normalized spacial score (nSPS) is 33.8. The Bertz CT molecular complexity index is 208. The molecule has 0 spiro atoms. The number of hydrazine groups is 2. The van der Waals surface area contributed by atoms with Crippen LogP contribution in [-0.2, 0) is 0 Å². The van der Waals surface area contributed by atoms with Gasteiger partial charge in [-0.05, 0) is 26.1 Å². The lowest BCUT2D eigenvalue weighted by atomic mass is 9.98. The zero-order valence-corrected chi connectivity index (χ0v) is 7.75. The Balaban J connectivity index is 2.85. The van der Waals surface area contributed by atoms with Crippen molar-refractivity contribution < 1.29 is 5.11 Å². The summed E-state index contributed by atoms with van der Waals surface area (Å²) in [5.74, 6) is 3.74. The van der Waals surface area contributed by atoms with Gasteiger partial charge in [0.25, 0.3) is 0 Å². The summed E-state index contributed by atoms with van der Waals surface area (Å²) in [7, 11) is 0. The molecule has 12 heavy (non-hydrogen) atoms. The van der Waals surface area contributed by atoms with Crippen molar-refractivity contribution >= 4 is 17.3 Å². The Morgan fingerprint density at radius 1 is 1.58 bits per heavy atom. The Morgan fingerprint density at radius 2 is 2.17 bits per heavy atom. The molecule has 1 aliphatic rings. The Labute approximate surface area is 75.8 Å². The molecule has 0 bridgehead atoms. The summed E-state index contributed by atoms with van der Waals surface area (Å²) in [5.41, 5.74) is 7.06. The molecule has 0 aromatic rings. The van der Waals surface area contributed by atoms with Crippen LogP contribution in [0.4, 0.5) is 0 Å². The van der Waals surface area contributed by atoms with Gasteiger partial charge in [0.2, 0.25) is 5.85 Å². The van der Waals surface area contributed by atoms with Gasteiger partial charge in [-0.3, -0.25) is 11.3 Å². The summed E-state index contributed by atoms with van der Waals surface area (Å²) in [6.07, 6.45) is 0. The third-order valence-corrected chi connectivity index (χ3v) is 2.10. The van der Waals surface area contributed by atoms with E-state index in [2.05, 4.69) is 21.6 Å². The predicted octanol–water partition coefficient (Wildman–Crippen LogP) is -2.14. The SMILES string of the molecule is CC1(C)NNC(=S)NC1(O)NN. The maximum atomic E-state index is 9.84. The third kappa shape index (κ3) is 1.37. The molecule has 0 aromatic carbocycles. The van der Waals surface area contributed by atoms with Crippen LogP contribution in [0, 0.1) is 0 Å². The van der Waals surface area contributed by atoms with Gasteiger partial charge in [-0.25, -0.2) is 10.9 Å². The van der Waals surface area contributed by atoms with E-state index in [1.807, 2.05) is 0 Å². The van der Waals surface area contributed by atoms with Crippen molar-refractivity contribution in [3.05, 3.63) is 0 Å². The van der Waals surface area contributed by atoms with E-state index >= 15 is 0 Å². The molecule has 70 valence electrons. The van der Waals surface area contributed by atoms with Gasteiger partial charge >= 0.3 is 0 Å². The van der Waals surface area contributed by atoms with Crippen molar-refractivity contribution in [2.75, 3.05) is 0 Å². The summed E-state index contributed by atoms with van der Waals surface area (Å²) in [4.78, 5) is 0. The quantitative estimate of drug-likeness (QED) is 0.122. The van der Waals surface area contributed by atoms with Crippen molar-refractivity contribution in [1.82, 2.24) is 21.6 Å². The molecule has 1 fully saturated rings. The first-order chi connectivity index (χ1) is 5.41. The minimum Gasteiger partial charge on any atom is -0.356 e. The van der Waals surface area contributed by atoms with Gasteiger partial charge in [-0.15, -0.1) is 0 Å². The zero-order chi connectivity index (χ0) is 9.41. The first-order valence-electron chi connectivity index (χ1n) is 3.47. The molecule has 1 heterocycles. The van der Waals surface area contributed by atoms with Crippen LogP contribution in [0.25, 0.3) is 0 Å². The van der Waals surface area contributed by atoms with Crippen LogP contribution in [0.5, 0.6) is 0 Å². The van der Waals surface area contributed by atoms with Crippen molar-refractivity contribution in [3.63, 3.8) is 0 Å². The average Bonchev–Trinajstić information content (AvgIpc) is 1.98. The van der Waals surface area contributed by atoms with Gasteiger partial charge in [0.15, 0.2) is 5.11 Å². The van der Waals surface area contributed by atoms with Crippen LogP contribution in [-0.4, -0.2) is 21.6 Å². The first kappa shape index (κ1) is 9.62. The molecule has 0 aliphatic carbocycles. The summed E-state index contributed by atoms with van der Waals surface area (Å²) >= 11 is 4.78. The second-order valence-electron chi connectivity index (χ2n) is 3.18. The van der Waals surface area contributed by atoms with E-state index in [0.29, 0.717) is 0 Å². The number of hydrogen-bond donors (Lipinski definition) is 6. The zero-order valence-electron chi connectivity index (χ0n) is 6.93. The van der Waals surface area contributed by atoms with E-state index in [9.17, 15) is 5.11 Å². The van der Waals surface area contributed by atoms with Crippen LogP contribution >= 0.6 is 12.2 Å². The van der Waals surface area contributed by atoms with Gasteiger partial charge < -0.3 is 10.4 Å². The van der Waals surface area contributed by atoms with Crippen molar-refractivity contribution in [2.45, 2.75) is 25.2 Å². The molecule has 0 aromatic heterocycles. The van der Waals surface area contributed by atoms with Crippen LogP contribution in [0.15, 0.2) is 0 Å². The number of rotatable bonds is 1. The second kappa shape index (κ2) is 2.79. The Morgan fingerprint density at radius 3 is 2.58 bits per heavy atom. The lowest BCUT2D eigenvalue weighted by Gasteiger charge is -2.47. The molecule has 0 amide bonds. The monoisotopic (exact) mass is 191 g/mol. The third-order valence-electron chi connectivity index (χ3n) is 1.90. The number of thiocarbonyl (C=S) groups is 1. The molecule has 0 saturated carbocycles. The average molecular weight is 191 g/mol. The van der Waals surface area contributed by atoms with Gasteiger partial charge in [0, 0.05) is 0 Å². The van der Waals surface area contributed by atoms with Crippen LogP contribution < -0.4 is 27.4 Å². The lowest BCUT2D eigenvalue weighted by Crippen LogP contribution is -2.83. The van der Waals surface area contributed by atoms with Crippen LogP contribution in [0.3, 0.4) is 0 Å². The fraction of sp³-hybridized carbons (Fsp3) is 0.800. The highest BCUT2D eigenvalue weighted by Gasteiger charge is 2.46. The maximum absolute atomic E-state index is 9.84. The van der Waals surface area contributed by atoms with Crippen molar-refractivity contribution in [2.24, 2.45) is 5.84 Å². The van der Waals surface area contributed by atoms with E-state index < -0.39 is 11.4 Å². The highest BCUT2D eigenvalue weighted by Crippen LogP contribution is 2.16. The first-order valence-corrected chi connectivity index (χ1v) is 3.87. The van der Waals surface area contributed by atoms with E-state index in [1.165, 1.54) is 0 Å². The smallest absolute Gasteiger partial charge is 0.227 e. The number of nitrogens with two attached hydrogens (primary N) is 1. The summed E-state index contributed by atoms with van der Waals surface area (Å²) in [6.45, 7) is 3.52. The molecule has 1 atom stereocenters. The fourth-order valence-corrected chi connectivity index (χ4v) is 1.07. The number of nitrogens with one attached hydrogen (secondary N) is 4. The minimum atomic E-state index is -1.45.